The van der Waals surface area contributed by atoms with Gasteiger partial charge in [-0.25, -0.2) is 4.98 Å². The number of nitrogen functional groups attached to an aromatic ring is 1. The minimum atomic E-state index is -4.47. The lowest BCUT2D eigenvalue weighted by atomic mass is 10.0. The van der Waals surface area contributed by atoms with Gasteiger partial charge in [0, 0.05) is 36.6 Å². The van der Waals surface area contributed by atoms with E-state index in [2.05, 4.69) is 11.6 Å². The number of hydrogen-bond acceptors (Lipinski definition) is 4. The van der Waals surface area contributed by atoms with Crippen LogP contribution in [0.1, 0.15) is 55.3 Å². The highest BCUT2D eigenvalue weighted by atomic mass is 19.4. The highest BCUT2D eigenvalue weighted by Gasteiger charge is 2.33. The number of alkyl halides is 3. The van der Waals surface area contributed by atoms with Crippen LogP contribution >= 0.6 is 0 Å². The third kappa shape index (κ3) is 8.28. The second-order valence-corrected chi connectivity index (χ2v) is 8.71. The summed E-state index contributed by atoms with van der Waals surface area (Å²) in [5, 5.41) is 0.549. The number of fused-ring (bicyclic) bond motifs is 1. The first-order valence-corrected chi connectivity index (χ1v) is 11.4. The van der Waals surface area contributed by atoms with Crippen LogP contribution in [0.15, 0.2) is 55.1 Å². The van der Waals surface area contributed by atoms with E-state index in [1.807, 2.05) is 50.2 Å². The first-order valence-electron chi connectivity index (χ1n) is 11.4. The Morgan fingerprint density at radius 3 is 2.03 bits per heavy atom. The molecule has 184 valence electrons. The van der Waals surface area contributed by atoms with E-state index in [1.165, 1.54) is 44.6 Å². The Morgan fingerprint density at radius 1 is 0.941 bits per heavy atom. The van der Waals surface area contributed by atoms with Crippen molar-refractivity contribution in [1.29, 1.82) is 0 Å². The van der Waals surface area contributed by atoms with Crippen LogP contribution in [0.25, 0.3) is 16.6 Å². The number of hydrogen-bond donors (Lipinski definition) is 2. The summed E-state index contributed by atoms with van der Waals surface area (Å²) in [6.45, 7) is 5.53. The van der Waals surface area contributed by atoms with E-state index in [9.17, 15) is 13.2 Å². The van der Waals surface area contributed by atoms with Crippen LogP contribution in [-0.4, -0.2) is 19.1 Å². The van der Waals surface area contributed by atoms with E-state index in [1.54, 1.807) is 12.1 Å². The normalized spacial score (nSPS) is 13.2. The molecule has 0 atom stereocenters. The molecule has 0 radical (unpaired) electrons. The lowest BCUT2D eigenvalue weighted by Gasteiger charge is -2.13. The van der Waals surface area contributed by atoms with Crippen molar-refractivity contribution in [2.45, 2.75) is 51.6 Å². The first-order chi connectivity index (χ1) is 16.0. The van der Waals surface area contributed by atoms with Crippen LogP contribution in [-0.2, 0) is 6.18 Å². The van der Waals surface area contributed by atoms with E-state index in [-0.39, 0.29) is 11.2 Å². The first kappa shape index (κ1) is 27.0. The number of rotatable bonds is 2. The molecule has 0 amide bonds. The fourth-order valence-corrected chi connectivity index (χ4v) is 3.56. The summed E-state index contributed by atoms with van der Waals surface area (Å²) in [4.78, 5) is 5.58. The van der Waals surface area contributed by atoms with Crippen molar-refractivity contribution in [3.63, 3.8) is 0 Å². The number of nitrogens with two attached hydrogens (primary N) is 2. The molecule has 1 fully saturated rings. The zero-order chi connectivity index (χ0) is 25.3. The maximum Gasteiger partial charge on any atom is 0.433 e. The molecule has 4 rings (SSSR count). The van der Waals surface area contributed by atoms with Gasteiger partial charge in [0.1, 0.15) is 5.69 Å². The molecule has 0 bridgehead atoms. The summed E-state index contributed by atoms with van der Waals surface area (Å²) >= 11 is 0. The van der Waals surface area contributed by atoms with Gasteiger partial charge in [-0.2, -0.15) is 13.2 Å². The number of halogens is 3. The van der Waals surface area contributed by atoms with Crippen LogP contribution in [0.4, 0.5) is 24.5 Å². The van der Waals surface area contributed by atoms with Gasteiger partial charge in [0.15, 0.2) is 0 Å². The lowest BCUT2D eigenvalue weighted by Crippen LogP contribution is -2.09. The quantitative estimate of drug-likeness (QED) is 0.415. The van der Waals surface area contributed by atoms with E-state index < -0.39 is 11.9 Å². The van der Waals surface area contributed by atoms with Gasteiger partial charge < -0.3 is 16.4 Å². The molecular weight excluding hydrogens is 437 g/mol. The summed E-state index contributed by atoms with van der Waals surface area (Å²) < 4.78 is 37.4. The van der Waals surface area contributed by atoms with Crippen LogP contribution in [0.2, 0.25) is 0 Å². The Kier molecular flexibility index (Phi) is 9.78. The van der Waals surface area contributed by atoms with Crippen molar-refractivity contribution in [3.8, 4) is 0 Å². The van der Waals surface area contributed by atoms with Gasteiger partial charge in [0.25, 0.3) is 0 Å². The number of anilines is 2. The summed E-state index contributed by atoms with van der Waals surface area (Å²) in [5.74, 6) is 0. The predicted octanol–water partition coefficient (Wildman–Crippen LogP) is 7.17. The Balaban J connectivity index is 0.000000199. The van der Waals surface area contributed by atoms with Crippen LogP contribution in [0, 0.1) is 6.92 Å². The van der Waals surface area contributed by atoms with E-state index >= 15 is 0 Å². The second-order valence-electron chi connectivity index (χ2n) is 8.71. The molecule has 0 aliphatic heterocycles. The van der Waals surface area contributed by atoms with Crippen molar-refractivity contribution < 1.29 is 13.2 Å². The average molecular weight is 473 g/mol. The van der Waals surface area contributed by atoms with E-state index in [0.29, 0.717) is 11.1 Å². The molecule has 4 N–H and O–H groups in total. The van der Waals surface area contributed by atoms with Crippen molar-refractivity contribution in [2.24, 2.45) is 5.73 Å². The second kappa shape index (κ2) is 12.3. The molecule has 0 unspecified atom stereocenters. The fourth-order valence-electron chi connectivity index (χ4n) is 3.56. The molecule has 1 aliphatic carbocycles. The molecule has 0 saturated heterocycles. The Hall–Kier alpha value is -3.22. The molecule has 34 heavy (non-hydrogen) atoms. The van der Waals surface area contributed by atoms with Crippen LogP contribution < -0.4 is 16.4 Å². The maximum atomic E-state index is 12.5. The minimum Gasteiger partial charge on any atom is -0.399 e. The molecule has 7 heteroatoms. The fraction of sp³-hybridized carbons (Fsp3) is 0.370. The molecule has 1 aliphatic rings. The molecule has 1 saturated carbocycles. The van der Waals surface area contributed by atoms with Gasteiger partial charge in [-0.1, -0.05) is 68.9 Å². The number of aromatic nitrogens is 1. The van der Waals surface area contributed by atoms with Gasteiger partial charge >= 0.3 is 6.18 Å². The van der Waals surface area contributed by atoms with E-state index in [4.69, 9.17) is 11.5 Å². The van der Waals surface area contributed by atoms with Crippen molar-refractivity contribution >= 4 is 28.0 Å². The minimum absolute atomic E-state index is 0.0982. The predicted molar refractivity (Wildman–Crippen MR) is 138 cm³/mol. The summed E-state index contributed by atoms with van der Waals surface area (Å²) in [7, 11) is 4.00. The summed E-state index contributed by atoms with van der Waals surface area (Å²) in [6.07, 6.45) is 4.53. The lowest BCUT2D eigenvalue weighted by molar-refractivity contribution is -0.140. The van der Waals surface area contributed by atoms with Crippen molar-refractivity contribution in [3.05, 3.63) is 71.9 Å². The summed E-state index contributed by atoms with van der Waals surface area (Å²) in [5.41, 5.74) is 14.2. The number of pyridine rings is 1. The average Bonchev–Trinajstić information content (AvgIpc) is 2.81. The van der Waals surface area contributed by atoms with Gasteiger partial charge in [-0.3, -0.25) is 0 Å². The molecule has 1 aromatic heterocycles. The Labute approximate surface area is 200 Å². The number of benzene rings is 2. The molecular formula is C27H35F3N4. The van der Waals surface area contributed by atoms with Crippen molar-refractivity contribution in [1.82, 2.24) is 4.98 Å². The molecule has 4 nitrogen and oxygen atoms in total. The number of aryl methyl sites for hydroxylation is 1. The SMILES string of the molecule is C1CCCCC1.C=C(N)c1cccc(N(C)C)c1.Cc1ccc2nc(C(F)(F)F)cc(N)c2c1. The monoisotopic (exact) mass is 472 g/mol. The highest BCUT2D eigenvalue weighted by molar-refractivity contribution is 5.90. The maximum absolute atomic E-state index is 12.5. The van der Waals surface area contributed by atoms with E-state index in [0.717, 1.165) is 22.9 Å². The van der Waals surface area contributed by atoms with Gasteiger partial charge in [-0.05, 0) is 42.8 Å². The Bertz CT molecular complexity index is 1080. The smallest absolute Gasteiger partial charge is 0.399 e. The third-order valence-electron chi connectivity index (χ3n) is 5.52. The summed E-state index contributed by atoms with van der Waals surface area (Å²) in [6, 6.07) is 13.8. The molecule has 0 spiro atoms. The zero-order valence-electron chi connectivity index (χ0n) is 20.3. The zero-order valence-corrected chi connectivity index (χ0v) is 20.3. The van der Waals surface area contributed by atoms with Gasteiger partial charge in [0.2, 0.25) is 0 Å². The largest absolute Gasteiger partial charge is 0.433 e. The molecule has 2 aromatic carbocycles. The standard InChI is InChI=1S/C11H9F3N2.C10H14N2.C6H12/c1-6-2-3-9-7(4-6)8(15)5-10(16-9)11(12,13)14;1-8(11)9-5-4-6-10(7-9)12(2)3;1-2-4-6-5-3-1/h2-5H,1H3,(H2,15,16);4-7H,1,11H2,2-3H3;1-6H2. The highest BCUT2D eigenvalue weighted by Crippen LogP contribution is 2.32. The van der Waals surface area contributed by atoms with Gasteiger partial charge in [-0.15, -0.1) is 0 Å². The topological polar surface area (TPSA) is 68.2 Å². The number of nitrogens with zero attached hydrogens (tertiary/aromatic N) is 2. The van der Waals surface area contributed by atoms with Crippen LogP contribution in [0.5, 0.6) is 0 Å². The molecule has 1 heterocycles. The third-order valence-corrected chi connectivity index (χ3v) is 5.52. The van der Waals surface area contributed by atoms with Crippen LogP contribution in [0.3, 0.4) is 0 Å². The van der Waals surface area contributed by atoms with Crippen molar-refractivity contribution in [2.75, 3.05) is 24.7 Å². The molecule has 3 aromatic rings. The van der Waals surface area contributed by atoms with Gasteiger partial charge in [0.05, 0.1) is 5.52 Å². The Morgan fingerprint density at radius 2 is 1.53 bits per heavy atom.